The van der Waals surface area contributed by atoms with E-state index in [0.29, 0.717) is 17.0 Å². The third-order valence-corrected chi connectivity index (χ3v) is 4.05. The van der Waals surface area contributed by atoms with Gasteiger partial charge in [0.25, 0.3) is 0 Å². The fourth-order valence-electron chi connectivity index (χ4n) is 2.47. The Kier molecular flexibility index (Phi) is 3.37. The second kappa shape index (κ2) is 5.05. The first kappa shape index (κ1) is 13.4. The van der Waals surface area contributed by atoms with Crippen molar-refractivity contribution in [2.75, 3.05) is 0 Å². The normalized spacial score (nSPS) is 13.4. The second-order valence-electron chi connectivity index (χ2n) is 4.85. The first-order valence-corrected chi connectivity index (χ1v) is 7.50. The molecule has 2 aromatic rings. The second-order valence-corrected chi connectivity index (χ2v) is 5.70. The lowest BCUT2D eigenvalue weighted by Crippen LogP contribution is -2.51. The molecule has 20 heavy (non-hydrogen) atoms. The Labute approximate surface area is 124 Å². The zero-order valence-corrected chi connectivity index (χ0v) is 13.0. The summed E-state index contributed by atoms with van der Waals surface area (Å²) < 4.78 is 4.39. The molecular weight excluding hydrogens is 322 g/mol. The van der Waals surface area contributed by atoms with Crippen LogP contribution in [-0.4, -0.2) is 14.6 Å². The zero-order chi connectivity index (χ0) is 14.3. The van der Waals surface area contributed by atoms with Crippen LogP contribution in [0.1, 0.15) is 37.7 Å². The smallest absolute Gasteiger partial charge is 0.248 e. The van der Waals surface area contributed by atoms with Gasteiger partial charge in [0, 0.05) is 18.2 Å². The third-order valence-electron chi connectivity index (χ3n) is 3.47. The van der Waals surface area contributed by atoms with Gasteiger partial charge in [-0.3, -0.25) is 0 Å². The highest BCUT2D eigenvalue weighted by Crippen LogP contribution is 2.18. The number of nitrogens with zero attached hydrogens (tertiary/aromatic N) is 5. The highest BCUT2D eigenvalue weighted by molar-refractivity contribution is 9.15. The summed E-state index contributed by atoms with van der Waals surface area (Å²) in [5.41, 5.74) is 0.654. The maximum Gasteiger partial charge on any atom is 0.431 e. The van der Waals surface area contributed by atoms with Crippen molar-refractivity contribution in [1.82, 2.24) is 14.6 Å². The lowest BCUT2D eigenvalue weighted by molar-refractivity contribution is -0.679. The molecule has 0 N–H and O–H groups in total. The summed E-state index contributed by atoms with van der Waals surface area (Å²) in [4.78, 5) is 16.7. The number of halogens is 1. The van der Waals surface area contributed by atoms with E-state index >= 15 is 0 Å². The fraction of sp³-hybridized carbons (Fsp3) is 0.462. The quantitative estimate of drug-likeness (QED) is 0.616. The molecule has 1 aliphatic rings. The van der Waals surface area contributed by atoms with E-state index in [1.54, 1.807) is 13.1 Å². The molecule has 0 saturated heterocycles. The topological polar surface area (TPSA) is 63.5 Å². The molecule has 6 nitrogen and oxygen atoms in total. The largest absolute Gasteiger partial charge is 0.431 e. The van der Waals surface area contributed by atoms with Gasteiger partial charge < -0.3 is 0 Å². The maximum atomic E-state index is 12.5. The average Bonchev–Trinajstić information content (AvgIpc) is 2.99. The molecule has 3 rings (SSSR count). The van der Waals surface area contributed by atoms with E-state index < -0.39 is 0 Å². The van der Waals surface area contributed by atoms with Gasteiger partial charge in [0.1, 0.15) is 0 Å². The molecule has 0 unspecified atom stereocenters. The highest BCUT2D eigenvalue weighted by atomic mass is 79.9. The van der Waals surface area contributed by atoms with Crippen molar-refractivity contribution in [3.63, 3.8) is 0 Å². The molecule has 0 spiro atoms. The van der Waals surface area contributed by atoms with Gasteiger partial charge in [-0.2, -0.15) is 0 Å². The van der Waals surface area contributed by atoms with Crippen LogP contribution in [0.3, 0.4) is 0 Å². The molecule has 0 saturated carbocycles. The van der Waals surface area contributed by atoms with Gasteiger partial charge in [0.05, 0.1) is 11.0 Å². The van der Waals surface area contributed by atoms with Gasteiger partial charge in [0.15, 0.2) is 11.1 Å². The van der Waals surface area contributed by atoms with Crippen LogP contribution in [0, 0.1) is 6.92 Å². The molecule has 0 bridgehead atoms. The van der Waals surface area contributed by atoms with E-state index in [4.69, 9.17) is 0 Å². The van der Waals surface area contributed by atoms with Crippen molar-refractivity contribution in [3.8, 4) is 0 Å². The number of fused-ring (bicyclic) bond motifs is 2. The number of aromatic nitrogens is 4. The van der Waals surface area contributed by atoms with Crippen LogP contribution in [-0.2, 0) is 6.54 Å². The van der Waals surface area contributed by atoms with Gasteiger partial charge in [-0.1, -0.05) is 19.8 Å². The summed E-state index contributed by atoms with van der Waals surface area (Å²) in [7, 11) is 0. The Morgan fingerprint density at radius 2 is 2.15 bits per heavy atom. The molecule has 1 aliphatic heterocycles. The molecule has 3 heterocycles. The van der Waals surface area contributed by atoms with Crippen molar-refractivity contribution < 1.29 is 4.57 Å². The molecule has 0 atom stereocenters. The molecule has 0 aliphatic carbocycles. The minimum Gasteiger partial charge on any atom is -0.248 e. The SMILES string of the molecule is CCCCC[n+]1c2c(c(=O)n3c(C)nnc31)=NC=C2Br. The standard InChI is InChI=1S/C13H15BrN5O/c1-3-4-5-6-18-11-9(14)7-15-10(11)12(20)19-8(2)16-17-13(18)19/h7H,3-6H2,1-2H3/q+1. The van der Waals surface area contributed by atoms with Crippen molar-refractivity contribution in [3.05, 3.63) is 33.4 Å². The minimum absolute atomic E-state index is 0.157. The van der Waals surface area contributed by atoms with E-state index in [1.807, 2.05) is 4.57 Å². The number of aryl methyl sites for hydroxylation is 2. The first-order chi connectivity index (χ1) is 9.65. The number of hydrogen-bond donors (Lipinski definition) is 0. The van der Waals surface area contributed by atoms with Crippen LogP contribution >= 0.6 is 15.9 Å². The van der Waals surface area contributed by atoms with Gasteiger partial charge in [0.2, 0.25) is 5.82 Å². The summed E-state index contributed by atoms with van der Waals surface area (Å²) >= 11 is 3.47. The predicted octanol–water partition coefficient (Wildman–Crippen LogP) is 0.921. The van der Waals surface area contributed by atoms with E-state index in [1.165, 1.54) is 4.40 Å². The summed E-state index contributed by atoms with van der Waals surface area (Å²) in [5.74, 6) is 1.18. The van der Waals surface area contributed by atoms with Crippen LogP contribution in [0.2, 0.25) is 0 Å². The van der Waals surface area contributed by atoms with Crippen LogP contribution in [0.5, 0.6) is 0 Å². The van der Waals surface area contributed by atoms with Crippen molar-refractivity contribution in [2.24, 2.45) is 4.99 Å². The predicted molar refractivity (Wildman–Crippen MR) is 77.4 cm³/mol. The summed E-state index contributed by atoms with van der Waals surface area (Å²) in [6, 6.07) is 0. The Hall–Kier alpha value is -1.63. The van der Waals surface area contributed by atoms with E-state index in [2.05, 4.69) is 38.0 Å². The van der Waals surface area contributed by atoms with Gasteiger partial charge in [-0.25, -0.2) is 14.4 Å². The van der Waals surface area contributed by atoms with Crippen molar-refractivity contribution >= 4 is 26.2 Å². The Balaban J connectivity index is 2.29. The van der Waals surface area contributed by atoms with Crippen LogP contribution in [0.15, 0.2) is 16.0 Å². The van der Waals surface area contributed by atoms with E-state index in [-0.39, 0.29) is 5.56 Å². The highest BCUT2D eigenvalue weighted by Gasteiger charge is 2.28. The average molecular weight is 337 g/mol. The minimum atomic E-state index is -0.157. The lowest BCUT2D eigenvalue weighted by Gasteiger charge is -2.05. The number of rotatable bonds is 4. The number of hydrogen-bond acceptors (Lipinski definition) is 4. The maximum absolute atomic E-state index is 12.5. The molecule has 0 amide bonds. The van der Waals surface area contributed by atoms with Crippen molar-refractivity contribution in [1.29, 1.82) is 0 Å². The summed E-state index contributed by atoms with van der Waals surface area (Å²) in [6.07, 6.45) is 4.99. The molecule has 0 aromatic carbocycles. The molecule has 7 heteroatoms. The Bertz CT molecular complexity index is 824. The lowest BCUT2D eigenvalue weighted by atomic mass is 10.2. The molecule has 2 aromatic heterocycles. The van der Waals surface area contributed by atoms with Gasteiger partial charge >= 0.3 is 11.3 Å². The van der Waals surface area contributed by atoms with Crippen LogP contribution in [0.4, 0.5) is 0 Å². The summed E-state index contributed by atoms with van der Waals surface area (Å²) in [5, 5.41) is 8.64. The van der Waals surface area contributed by atoms with Gasteiger partial charge in [-0.15, -0.1) is 4.40 Å². The fourth-order valence-corrected chi connectivity index (χ4v) is 2.98. The zero-order valence-electron chi connectivity index (χ0n) is 11.4. The molecule has 0 fully saturated rings. The molecule has 104 valence electrons. The first-order valence-electron chi connectivity index (χ1n) is 6.70. The third kappa shape index (κ3) is 1.88. The Morgan fingerprint density at radius 1 is 1.35 bits per heavy atom. The number of unbranched alkanes of at least 4 members (excludes halogenated alkanes) is 2. The Morgan fingerprint density at radius 3 is 2.90 bits per heavy atom. The summed E-state index contributed by atoms with van der Waals surface area (Å²) in [6.45, 7) is 4.75. The molecular formula is C13H15BrN5O+. The van der Waals surface area contributed by atoms with Crippen molar-refractivity contribution in [2.45, 2.75) is 39.7 Å². The molecule has 0 radical (unpaired) electrons. The van der Waals surface area contributed by atoms with Crippen LogP contribution in [0.25, 0.3) is 10.3 Å². The van der Waals surface area contributed by atoms with Crippen LogP contribution < -0.4 is 15.5 Å². The monoisotopic (exact) mass is 336 g/mol. The van der Waals surface area contributed by atoms with E-state index in [9.17, 15) is 4.79 Å². The van der Waals surface area contributed by atoms with E-state index in [0.717, 1.165) is 36.0 Å². The van der Waals surface area contributed by atoms with Gasteiger partial charge in [-0.05, 0) is 27.4 Å².